The molecule has 0 bridgehead atoms. The number of rotatable bonds is 3. The van der Waals surface area contributed by atoms with Crippen LogP contribution in [0.25, 0.3) is 11.1 Å². The smallest absolute Gasteiger partial charge is 0.255 e. The zero-order valence-corrected chi connectivity index (χ0v) is 13.5. The van der Waals surface area contributed by atoms with Crippen molar-refractivity contribution in [1.82, 2.24) is 0 Å². The van der Waals surface area contributed by atoms with Gasteiger partial charge in [0.25, 0.3) is 5.91 Å². The summed E-state index contributed by atoms with van der Waals surface area (Å²) in [5.74, 6) is -0.171. The molecule has 3 heteroatoms. The Hall–Kier alpha value is -2.58. The third kappa shape index (κ3) is 3.43. The van der Waals surface area contributed by atoms with Gasteiger partial charge in [0.15, 0.2) is 0 Å². The molecule has 3 aromatic rings. The van der Waals surface area contributed by atoms with Crippen molar-refractivity contribution in [2.24, 2.45) is 0 Å². The second-order valence-corrected chi connectivity index (χ2v) is 5.74. The van der Waals surface area contributed by atoms with Gasteiger partial charge in [0.2, 0.25) is 0 Å². The van der Waals surface area contributed by atoms with Crippen LogP contribution < -0.4 is 5.32 Å². The summed E-state index contributed by atoms with van der Waals surface area (Å²) in [5, 5.41) is 3.57. The number of carbonyl (C=O) groups is 1. The van der Waals surface area contributed by atoms with E-state index in [1.165, 1.54) is 0 Å². The first-order valence-corrected chi connectivity index (χ1v) is 7.75. The molecule has 23 heavy (non-hydrogen) atoms. The minimum absolute atomic E-state index is 0.171. The highest BCUT2D eigenvalue weighted by Gasteiger charge is 2.11. The number of carbonyl (C=O) groups excluding carboxylic acids is 1. The zero-order valence-electron chi connectivity index (χ0n) is 12.7. The van der Waals surface area contributed by atoms with Crippen LogP contribution in [0.1, 0.15) is 15.9 Å². The summed E-state index contributed by atoms with van der Waals surface area (Å²) < 4.78 is 0. The molecule has 0 radical (unpaired) electrons. The number of hydrogen-bond donors (Lipinski definition) is 1. The highest BCUT2D eigenvalue weighted by Crippen LogP contribution is 2.28. The topological polar surface area (TPSA) is 29.1 Å². The number of aryl methyl sites for hydroxylation is 1. The lowest BCUT2D eigenvalue weighted by molar-refractivity contribution is 0.102. The summed E-state index contributed by atoms with van der Waals surface area (Å²) in [6, 6.07) is 23.1. The van der Waals surface area contributed by atoms with E-state index in [0.29, 0.717) is 10.6 Å². The quantitative estimate of drug-likeness (QED) is 0.671. The van der Waals surface area contributed by atoms with Crippen LogP contribution in [0.5, 0.6) is 0 Å². The number of nitrogens with one attached hydrogen (secondary N) is 1. The molecule has 0 saturated heterocycles. The van der Waals surface area contributed by atoms with E-state index >= 15 is 0 Å². The predicted molar refractivity (Wildman–Crippen MR) is 96.0 cm³/mol. The summed E-state index contributed by atoms with van der Waals surface area (Å²) in [6.07, 6.45) is 0. The van der Waals surface area contributed by atoms with E-state index in [1.54, 1.807) is 12.1 Å². The minimum Gasteiger partial charge on any atom is -0.321 e. The van der Waals surface area contributed by atoms with Gasteiger partial charge in [-0.2, -0.15) is 0 Å². The molecule has 1 N–H and O–H groups in total. The first-order chi connectivity index (χ1) is 11.1. The predicted octanol–water partition coefficient (Wildman–Crippen LogP) is 5.57. The summed E-state index contributed by atoms with van der Waals surface area (Å²) >= 11 is 6.11. The van der Waals surface area contributed by atoms with Gasteiger partial charge >= 0.3 is 0 Å². The lowest BCUT2D eigenvalue weighted by Crippen LogP contribution is -2.12. The van der Waals surface area contributed by atoms with Crippen molar-refractivity contribution < 1.29 is 4.79 Å². The molecule has 0 aliphatic carbocycles. The van der Waals surface area contributed by atoms with Gasteiger partial charge in [-0.15, -0.1) is 0 Å². The Morgan fingerprint density at radius 2 is 1.61 bits per heavy atom. The SMILES string of the molecule is Cc1ccc(C(=O)Nc2ccccc2-c2ccccc2)cc1Cl. The van der Waals surface area contributed by atoms with Gasteiger partial charge in [-0.1, -0.05) is 66.2 Å². The molecule has 114 valence electrons. The van der Waals surface area contributed by atoms with Crippen LogP contribution in [0.2, 0.25) is 5.02 Å². The van der Waals surface area contributed by atoms with Crippen LogP contribution in [0, 0.1) is 6.92 Å². The maximum atomic E-state index is 12.5. The third-order valence-corrected chi connectivity index (χ3v) is 4.10. The number of halogens is 1. The Balaban J connectivity index is 1.91. The molecule has 3 rings (SSSR count). The summed E-state index contributed by atoms with van der Waals surface area (Å²) in [7, 11) is 0. The fourth-order valence-electron chi connectivity index (χ4n) is 2.39. The van der Waals surface area contributed by atoms with Gasteiger partial charge in [0, 0.05) is 21.8 Å². The van der Waals surface area contributed by atoms with E-state index in [2.05, 4.69) is 5.32 Å². The molecule has 0 aliphatic rings. The van der Waals surface area contributed by atoms with Crippen LogP contribution in [0.3, 0.4) is 0 Å². The fraction of sp³-hybridized carbons (Fsp3) is 0.0500. The summed E-state index contributed by atoms with van der Waals surface area (Å²) in [5.41, 5.74) is 4.32. The van der Waals surface area contributed by atoms with E-state index in [4.69, 9.17) is 11.6 Å². The second-order valence-electron chi connectivity index (χ2n) is 5.33. The molecule has 0 aliphatic heterocycles. The summed E-state index contributed by atoms with van der Waals surface area (Å²) in [4.78, 5) is 12.5. The first-order valence-electron chi connectivity index (χ1n) is 7.37. The van der Waals surface area contributed by atoms with E-state index in [-0.39, 0.29) is 5.91 Å². The van der Waals surface area contributed by atoms with Crippen LogP contribution >= 0.6 is 11.6 Å². The van der Waals surface area contributed by atoms with E-state index in [0.717, 1.165) is 22.4 Å². The van der Waals surface area contributed by atoms with Gasteiger partial charge in [0.05, 0.1) is 0 Å². The summed E-state index contributed by atoms with van der Waals surface area (Å²) in [6.45, 7) is 1.91. The fourth-order valence-corrected chi connectivity index (χ4v) is 2.57. The molecule has 0 spiro atoms. The lowest BCUT2D eigenvalue weighted by Gasteiger charge is -2.12. The number of anilines is 1. The Labute approximate surface area is 140 Å². The Bertz CT molecular complexity index is 843. The van der Waals surface area contributed by atoms with Crippen molar-refractivity contribution in [3.63, 3.8) is 0 Å². The standard InChI is InChI=1S/C20H16ClNO/c1-14-11-12-16(13-18(14)21)20(23)22-19-10-6-5-9-17(19)15-7-3-2-4-8-15/h2-13H,1H3,(H,22,23). The molecular formula is C20H16ClNO. The van der Waals surface area contributed by atoms with Gasteiger partial charge in [-0.25, -0.2) is 0 Å². The average molecular weight is 322 g/mol. The van der Waals surface area contributed by atoms with Gasteiger partial charge in [-0.3, -0.25) is 4.79 Å². The van der Waals surface area contributed by atoms with Gasteiger partial charge < -0.3 is 5.32 Å². The van der Waals surface area contributed by atoms with Crippen LogP contribution in [-0.2, 0) is 0 Å². The Kier molecular flexibility index (Phi) is 4.45. The average Bonchev–Trinajstić information content (AvgIpc) is 2.58. The first kappa shape index (κ1) is 15.3. The number of amides is 1. The maximum absolute atomic E-state index is 12.5. The largest absolute Gasteiger partial charge is 0.321 e. The van der Waals surface area contributed by atoms with Gasteiger partial charge in [-0.05, 0) is 36.2 Å². The number of para-hydroxylation sites is 1. The van der Waals surface area contributed by atoms with Crippen molar-refractivity contribution in [2.45, 2.75) is 6.92 Å². The van der Waals surface area contributed by atoms with Crippen molar-refractivity contribution in [1.29, 1.82) is 0 Å². The van der Waals surface area contributed by atoms with Gasteiger partial charge in [0.1, 0.15) is 0 Å². The third-order valence-electron chi connectivity index (χ3n) is 3.69. The number of hydrogen-bond acceptors (Lipinski definition) is 1. The normalized spacial score (nSPS) is 10.3. The second kappa shape index (κ2) is 6.67. The molecule has 2 nitrogen and oxygen atoms in total. The highest BCUT2D eigenvalue weighted by molar-refractivity contribution is 6.31. The van der Waals surface area contributed by atoms with Crippen molar-refractivity contribution in [3.8, 4) is 11.1 Å². The Morgan fingerprint density at radius 1 is 0.913 bits per heavy atom. The molecule has 0 fully saturated rings. The maximum Gasteiger partial charge on any atom is 0.255 e. The molecular weight excluding hydrogens is 306 g/mol. The van der Waals surface area contributed by atoms with Crippen LogP contribution in [-0.4, -0.2) is 5.91 Å². The molecule has 0 saturated carbocycles. The molecule has 0 aromatic heterocycles. The molecule has 0 heterocycles. The monoisotopic (exact) mass is 321 g/mol. The van der Waals surface area contributed by atoms with E-state index in [9.17, 15) is 4.79 Å². The van der Waals surface area contributed by atoms with E-state index in [1.807, 2.05) is 67.6 Å². The van der Waals surface area contributed by atoms with Crippen molar-refractivity contribution >= 4 is 23.2 Å². The van der Waals surface area contributed by atoms with Crippen LogP contribution in [0.4, 0.5) is 5.69 Å². The zero-order chi connectivity index (χ0) is 16.2. The Morgan fingerprint density at radius 3 is 2.35 bits per heavy atom. The lowest BCUT2D eigenvalue weighted by atomic mass is 10.0. The molecule has 1 amide bonds. The van der Waals surface area contributed by atoms with E-state index < -0.39 is 0 Å². The minimum atomic E-state index is -0.171. The van der Waals surface area contributed by atoms with Crippen molar-refractivity contribution in [3.05, 3.63) is 88.9 Å². The highest BCUT2D eigenvalue weighted by atomic mass is 35.5. The number of benzene rings is 3. The molecule has 3 aromatic carbocycles. The van der Waals surface area contributed by atoms with Crippen LogP contribution in [0.15, 0.2) is 72.8 Å². The molecule has 0 atom stereocenters. The molecule has 0 unspecified atom stereocenters. The van der Waals surface area contributed by atoms with Crippen molar-refractivity contribution in [2.75, 3.05) is 5.32 Å².